The van der Waals surface area contributed by atoms with Crippen LogP contribution in [-0.2, 0) is 11.3 Å². The fourth-order valence-corrected chi connectivity index (χ4v) is 3.67. The largest absolute Gasteiger partial charge is 0.395 e. The van der Waals surface area contributed by atoms with E-state index in [1.165, 1.54) is 4.57 Å². The van der Waals surface area contributed by atoms with Gasteiger partial charge in [0.2, 0.25) is 5.95 Å². The number of fused-ring (bicyclic) bond motifs is 1. The van der Waals surface area contributed by atoms with Crippen LogP contribution in [0.2, 0.25) is 5.02 Å². The lowest BCUT2D eigenvalue weighted by atomic mass is 10.1. The minimum Gasteiger partial charge on any atom is -0.395 e. The topological polar surface area (TPSA) is 89.3 Å². The number of ether oxygens (including phenoxy) is 1. The molecule has 1 fully saturated rings. The number of hydrogen-bond acceptors (Lipinski definition) is 6. The second-order valence-electron chi connectivity index (χ2n) is 6.72. The fraction of sp³-hybridized carbons (Fsp3) is 0.350. The van der Waals surface area contributed by atoms with Gasteiger partial charge in [-0.2, -0.15) is 4.98 Å². The van der Waals surface area contributed by atoms with Crippen molar-refractivity contribution in [2.24, 2.45) is 0 Å². The highest BCUT2D eigenvalue weighted by molar-refractivity contribution is 6.33. The minimum atomic E-state index is -0.245. The maximum absolute atomic E-state index is 13.1. The van der Waals surface area contributed by atoms with Crippen LogP contribution in [0, 0.1) is 0 Å². The van der Waals surface area contributed by atoms with Crippen molar-refractivity contribution in [1.82, 2.24) is 14.5 Å². The lowest BCUT2D eigenvalue weighted by Gasteiger charge is -2.23. The van der Waals surface area contributed by atoms with Crippen LogP contribution in [0.5, 0.6) is 0 Å². The molecule has 2 aromatic heterocycles. The Morgan fingerprint density at radius 2 is 2.00 bits per heavy atom. The van der Waals surface area contributed by atoms with E-state index in [-0.39, 0.29) is 37.2 Å². The first-order valence-electron chi connectivity index (χ1n) is 9.28. The predicted molar refractivity (Wildman–Crippen MR) is 116 cm³/mol. The molecule has 3 aromatic rings. The molecule has 9 heteroatoms. The van der Waals surface area contributed by atoms with Gasteiger partial charge in [-0.3, -0.25) is 9.36 Å². The van der Waals surface area contributed by atoms with Crippen LogP contribution in [0.4, 0.5) is 5.95 Å². The zero-order chi connectivity index (χ0) is 19.5. The highest BCUT2D eigenvalue weighted by Crippen LogP contribution is 2.27. The van der Waals surface area contributed by atoms with Crippen molar-refractivity contribution in [2.45, 2.75) is 25.4 Å². The first-order chi connectivity index (χ1) is 13.7. The van der Waals surface area contributed by atoms with E-state index in [1.807, 2.05) is 12.1 Å². The summed E-state index contributed by atoms with van der Waals surface area (Å²) in [5, 5.41) is 14.0. The number of rotatable bonds is 5. The Morgan fingerprint density at radius 1 is 1.24 bits per heavy atom. The molecule has 2 N–H and O–H groups in total. The van der Waals surface area contributed by atoms with E-state index in [0.717, 1.165) is 12.8 Å². The van der Waals surface area contributed by atoms with Crippen LogP contribution in [0.15, 0.2) is 41.3 Å². The standard InChI is InChI=1S/C20H21ClN4O3.ClH/c21-17-4-2-1-3-15(17)16-11-13-12-22-20(23-14-5-9-28-10-6-14)24-18(13)25(7-8-26)19(16)27;/h1-4,11-12,14,26H,5-10H2,(H,22,23,24);1H. The summed E-state index contributed by atoms with van der Waals surface area (Å²) in [5.41, 5.74) is 1.34. The Balaban J connectivity index is 0.00000240. The van der Waals surface area contributed by atoms with Gasteiger partial charge < -0.3 is 15.2 Å². The van der Waals surface area contributed by atoms with E-state index in [0.29, 0.717) is 46.3 Å². The molecule has 0 saturated carbocycles. The number of hydrogen-bond donors (Lipinski definition) is 2. The Hall–Kier alpha value is -2.19. The molecule has 7 nitrogen and oxygen atoms in total. The maximum Gasteiger partial charge on any atom is 0.260 e. The lowest BCUT2D eigenvalue weighted by molar-refractivity contribution is 0.0903. The van der Waals surface area contributed by atoms with Crippen molar-refractivity contribution in [3.63, 3.8) is 0 Å². The number of nitrogens with zero attached hydrogens (tertiary/aromatic N) is 3. The predicted octanol–water partition coefficient (Wildman–Crippen LogP) is 3.12. The first-order valence-corrected chi connectivity index (χ1v) is 9.66. The number of pyridine rings is 1. The Bertz CT molecular complexity index is 1050. The van der Waals surface area contributed by atoms with Crippen molar-refractivity contribution in [2.75, 3.05) is 25.1 Å². The summed E-state index contributed by atoms with van der Waals surface area (Å²) in [4.78, 5) is 22.1. The molecule has 1 saturated heterocycles. The molecule has 1 aromatic carbocycles. The lowest BCUT2D eigenvalue weighted by Crippen LogP contribution is -2.29. The molecule has 154 valence electrons. The van der Waals surface area contributed by atoms with Gasteiger partial charge >= 0.3 is 0 Å². The molecule has 4 rings (SSSR count). The third kappa shape index (κ3) is 4.53. The monoisotopic (exact) mass is 436 g/mol. The van der Waals surface area contributed by atoms with Crippen molar-refractivity contribution in [3.8, 4) is 11.1 Å². The highest BCUT2D eigenvalue weighted by atomic mass is 35.5. The molecule has 1 aliphatic heterocycles. The van der Waals surface area contributed by atoms with Crippen LogP contribution in [0.1, 0.15) is 12.8 Å². The minimum absolute atomic E-state index is 0. The third-order valence-corrected chi connectivity index (χ3v) is 5.20. The van der Waals surface area contributed by atoms with Gasteiger partial charge in [0.15, 0.2) is 0 Å². The number of aliphatic hydroxyl groups excluding tert-OH is 1. The zero-order valence-electron chi connectivity index (χ0n) is 15.7. The van der Waals surface area contributed by atoms with E-state index < -0.39 is 0 Å². The van der Waals surface area contributed by atoms with E-state index in [1.54, 1.807) is 24.4 Å². The first kappa shape index (κ1) is 21.5. The average molecular weight is 437 g/mol. The van der Waals surface area contributed by atoms with Crippen molar-refractivity contribution in [3.05, 3.63) is 51.9 Å². The fourth-order valence-electron chi connectivity index (χ4n) is 3.43. The van der Waals surface area contributed by atoms with Gasteiger partial charge in [-0.1, -0.05) is 29.8 Å². The summed E-state index contributed by atoms with van der Waals surface area (Å²) in [6.45, 7) is 1.39. The smallest absolute Gasteiger partial charge is 0.260 e. The number of aromatic nitrogens is 3. The van der Waals surface area contributed by atoms with Gasteiger partial charge in [0.05, 0.1) is 13.2 Å². The summed E-state index contributed by atoms with van der Waals surface area (Å²) in [7, 11) is 0. The number of aliphatic hydroxyl groups is 1. The summed E-state index contributed by atoms with van der Waals surface area (Å²) < 4.78 is 6.85. The van der Waals surface area contributed by atoms with Crippen LogP contribution >= 0.6 is 24.0 Å². The van der Waals surface area contributed by atoms with E-state index in [9.17, 15) is 9.90 Å². The summed E-state index contributed by atoms with van der Waals surface area (Å²) >= 11 is 6.30. The van der Waals surface area contributed by atoms with Crippen LogP contribution < -0.4 is 10.9 Å². The second-order valence-corrected chi connectivity index (χ2v) is 7.13. The van der Waals surface area contributed by atoms with Crippen molar-refractivity contribution >= 4 is 41.0 Å². The van der Waals surface area contributed by atoms with E-state index in [4.69, 9.17) is 16.3 Å². The van der Waals surface area contributed by atoms with Gasteiger partial charge in [0, 0.05) is 47.0 Å². The SMILES string of the molecule is Cl.O=c1c(-c2ccccc2Cl)cc2cnc(NC3CCOCC3)nc2n1CCO. The molecule has 1 aliphatic rings. The Morgan fingerprint density at radius 3 is 2.72 bits per heavy atom. The molecular weight excluding hydrogens is 415 g/mol. The maximum atomic E-state index is 13.1. The third-order valence-electron chi connectivity index (χ3n) is 4.87. The quantitative estimate of drug-likeness (QED) is 0.638. The molecule has 0 spiro atoms. The summed E-state index contributed by atoms with van der Waals surface area (Å²) in [6.07, 6.45) is 3.46. The molecule has 0 bridgehead atoms. The molecule has 0 unspecified atom stereocenters. The van der Waals surface area contributed by atoms with Gasteiger partial charge in [-0.15, -0.1) is 12.4 Å². The van der Waals surface area contributed by atoms with E-state index >= 15 is 0 Å². The highest BCUT2D eigenvalue weighted by Gasteiger charge is 2.17. The zero-order valence-corrected chi connectivity index (χ0v) is 17.2. The normalized spacial score (nSPS) is 14.6. The number of anilines is 1. The Labute approximate surface area is 179 Å². The van der Waals surface area contributed by atoms with Crippen LogP contribution in [0.3, 0.4) is 0 Å². The van der Waals surface area contributed by atoms with Gasteiger partial charge in [0.1, 0.15) is 5.65 Å². The molecule has 0 amide bonds. The van der Waals surface area contributed by atoms with Crippen molar-refractivity contribution < 1.29 is 9.84 Å². The number of benzene rings is 1. The van der Waals surface area contributed by atoms with Gasteiger partial charge in [0.25, 0.3) is 5.56 Å². The molecule has 29 heavy (non-hydrogen) atoms. The van der Waals surface area contributed by atoms with Gasteiger partial charge in [-0.05, 0) is 25.0 Å². The number of nitrogens with one attached hydrogen (secondary N) is 1. The van der Waals surface area contributed by atoms with Crippen molar-refractivity contribution in [1.29, 1.82) is 0 Å². The summed E-state index contributed by atoms with van der Waals surface area (Å²) in [5.74, 6) is 0.469. The average Bonchev–Trinajstić information content (AvgIpc) is 2.71. The molecule has 0 atom stereocenters. The van der Waals surface area contributed by atoms with Crippen LogP contribution in [0.25, 0.3) is 22.2 Å². The second kappa shape index (κ2) is 9.54. The molecular formula is C20H22Cl2N4O3. The molecule has 0 aliphatic carbocycles. The molecule has 3 heterocycles. The number of halogens is 2. The Kier molecular flexibility index (Phi) is 7.08. The van der Waals surface area contributed by atoms with E-state index in [2.05, 4.69) is 15.3 Å². The molecule has 0 radical (unpaired) electrons. The van der Waals surface area contributed by atoms with Crippen LogP contribution in [-0.4, -0.2) is 45.5 Å². The van der Waals surface area contributed by atoms with Gasteiger partial charge in [-0.25, -0.2) is 4.98 Å². The summed E-state index contributed by atoms with van der Waals surface area (Å²) in [6, 6.07) is 9.19.